The van der Waals surface area contributed by atoms with Crippen LogP contribution in [-0.4, -0.2) is 24.5 Å². The maximum absolute atomic E-state index is 5.82. The van der Waals surface area contributed by atoms with Gasteiger partial charge in [-0.05, 0) is 36.9 Å². The fraction of sp³-hybridized carbons (Fsp3) is 0.571. The van der Waals surface area contributed by atoms with Gasteiger partial charge in [-0.1, -0.05) is 37.3 Å². The summed E-state index contributed by atoms with van der Waals surface area (Å²) < 4.78 is 0. The Balaban J connectivity index is 0.00000144. The molecule has 2 N–H and O–H groups in total. The van der Waals surface area contributed by atoms with Gasteiger partial charge in [0.15, 0.2) is 0 Å². The highest BCUT2D eigenvalue weighted by atomic mass is 35.5. The molecule has 17 heavy (non-hydrogen) atoms. The zero-order chi connectivity index (χ0) is 11.4. The third-order valence-electron chi connectivity index (χ3n) is 3.75. The number of halogens is 1. The number of likely N-dealkylation sites (tertiary alicyclic amines) is 1. The lowest BCUT2D eigenvalue weighted by Gasteiger charge is -2.36. The smallest absolute Gasteiger partial charge is 0.0233 e. The topological polar surface area (TPSA) is 29.3 Å². The molecule has 1 aliphatic heterocycles. The Morgan fingerprint density at radius 3 is 2.65 bits per heavy atom. The molecule has 2 unspecified atom stereocenters. The summed E-state index contributed by atoms with van der Waals surface area (Å²) in [5.74, 6) is 1.47. The predicted octanol–water partition coefficient (Wildman–Crippen LogP) is 2.53. The maximum Gasteiger partial charge on any atom is 0.0233 e. The van der Waals surface area contributed by atoms with E-state index in [1.54, 1.807) is 0 Å². The van der Waals surface area contributed by atoms with E-state index < -0.39 is 0 Å². The van der Waals surface area contributed by atoms with E-state index in [4.69, 9.17) is 5.73 Å². The van der Waals surface area contributed by atoms with Crippen LogP contribution < -0.4 is 5.73 Å². The molecule has 1 aromatic rings. The average Bonchev–Trinajstić information content (AvgIpc) is 2.33. The summed E-state index contributed by atoms with van der Waals surface area (Å²) in [6.45, 7) is 6.60. The lowest BCUT2D eigenvalue weighted by atomic mass is 9.87. The second kappa shape index (κ2) is 7.00. The number of nitrogens with two attached hydrogens (primary N) is 1. The monoisotopic (exact) mass is 254 g/mol. The van der Waals surface area contributed by atoms with Crippen LogP contribution in [-0.2, 0) is 6.54 Å². The molecule has 0 radical (unpaired) electrons. The first-order chi connectivity index (χ1) is 7.79. The molecule has 1 heterocycles. The Labute approximate surface area is 111 Å². The summed E-state index contributed by atoms with van der Waals surface area (Å²) in [7, 11) is 0. The van der Waals surface area contributed by atoms with Crippen LogP contribution in [0.25, 0.3) is 0 Å². The molecule has 0 amide bonds. The molecule has 3 heteroatoms. The first kappa shape index (κ1) is 14.5. The van der Waals surface area contributed by atoms with Crippen LogP contribution in [0.5, 0.6) is 0 Å². The van der Waals surface area contributed by atoms with Gasteiger partial charge in [0.2, 0.25) is 0 Å². The van der Waals surface area contributed by atoms with Gasteiger partial charge in [0.1, 0.15) is 0 Å². The van der Waals surface area contributed by atoms with Gasteiger partial charge in [0, 0.05) is 13.1 Å². The highest BCUT2D eigenvalue weighted by molar-refractivity contribution is 5.85. The number of rotatable bonds is 3. The van der Waals surface area contributed by atoms with Gasteiger partial charge in [-0.3, -0.25) is 4.90 Å². The van der Waals surface area contributed by atoms with Crippen molar-refractivity contribution in [2.24, 2.45) is 17.6 Å². The van der Waals surface area contributed by atoms with Crippen LogP contribution in [0.4, 0.5) is 0 Å². The van der Waals surface area contributed by atoms with Crippen molar-refractivity contribution in [3.05, 3.63) is 35.9 Å². The molecule has 1 aromatic carbocycles. The van der Waals surface area contributed by atoms with Gasteiger partial charge in [-0.15, -0.1) is 12.4 Å². The molecule has 96 valence electrons. The van der Waals surface area contributed by atoms with Gasteiger partial charge in [-0.25, -0.2) is 0 Å². The van der Waals surface area contributed by atoms with Crippen LogP contribution in [0.1, 0.15) is 18.9 Å². The van der Waals surface area contributed by atoms with Crippen LogP contribution in [0.3, 0.4) is 0 Å². The van der Waals surface area contributed by atoms with E-state index in [1.165, 1.54) is 18.5 Å². The second-order valence-electron chi connectivity index (χ2n) is 4.98. The lowest BCUT2D eigenvalue weighted by Crippen LogP contribution is -2.42. The molecule has 0 aliphatic carbocycles. The van der Waals surface area contributed by atoms with Gasteiger partial charge in [0.05, 0.1) is 0 Å². The third kappa shape index (κ3) is 3.98. The first-order valence-electron chi connectivity index (χ1n) is 6.26. The Morgan fingerprint density at radius 2 is 2.00 bits per heavy atom. The average molecular weight is 255 g/mol. The van der Waals surface area contributed by atoms with E-state index >= 15 is 0 Å². The van der Waals surface area contributed by atoms with Crippen LogP contribution >= 0.6 is 12.4 Å². The minimum absolute atomic E-state index is 0. The van der Waals surface area contributed by atoms with Crippen molar-refractivity contribution >= 4 is 12.4 Å². The minimum atomic E-state index is 0. The van der Waals surface area contributed by atoms with E-state index in [2.05, 4.69) is 42.2 Å². The fourth-order valence-electron chi connectivity index (χ4n) is 2.52. The normalized spacial score (nSPS) is 25.3. The molecule has 1 aliphatic rings. The molecule has 2 nitrogen and oxygen atoms in total. The Kier molecular flexibility index (Phi) is 5.96. The van der Waals surface area contributed by atoms with E-state index in [0.717, 1.165) is 25.6 Å². The van der Waals surface area contributed by atoms with Crippen LogP contribution in [0, 0.1) is 11.8 Å². The molecule has 2 rings (SSSR count). The maximum atomic E-state index is 5.82. The molecule has 1 fully saturated rings. The zero-order valence-electron chi connectivity index (χ0n) is 10.5. The van der Waals surface area contributed by atoms with Crippen molar-refractivity contribution in [1.82, 2.24) is 4.90 Å². The van der Waals surface area contributed by atoms with E-state index in [1.807, 2.05) is 0 Å². The SMILES string of the molecule is CC1CCN(Cc2ccccc2)CC1CN.Cl. The van der Waals surface area contributed by atoms with Crippen molar-refractivity contribution in [3.63, 3.8) is 0 Å². The Bertz CT molecular complexity index is 315. The van der Waals surface area contributed by atoms with Gasteiger partial charge < -0.3 is 5.73 Å². The van der Waals surface area contributed by atoms with Crippen LogP contribution in [0.2, 0.25) is 0 Å². The molecular formula is C14H23ClN2. The Morgan fingerprint density at radius 1 is 1.29 bits per heavy atom. The van der Waals surface area contributed by atoms with Gasteiger partial charge in [-0.2, -0.15) is 0 Å². The molecular weight excluding hydrogens is 232 g/mol. The molecule has 0 saturated carbocycles. The number of nitrogens with zero attached hydrogens (tertiary/aromatic N) is 1. The minimum Gasteiger partial charge on any atom is -0.330 e. The van der Waals surface area contributed by atoms with E-state index in [-0.39, 0.29) is 12.4 Å². The van der Waals surface area contributed by atoms with Gasteiger partial charge in [0.25, 0.3) is 0 Å². The predicted molar refractivity (Wildman–Crippen MR) is 75.3 cm³/mol. The molecule has 0 aromatic heterocycles. The number of benzene rings is 1. The standard InChI is InChI=1S/C14H22N2.ClH/c1-12-7-8-16(11-14(12)9-15)10-13-5-3-2-4-6-13;/h2-6,12,14H,7-11,15H2,1H3;1H. The number of piperidine rings is 1. The van der Waals surface area contributed by atoms with E-state index in [9.17, 15) is 0 Å². The van der Waals surface area contributed by atoms with E-state index in [0.29, 0.717) is 5.92 Å². The summed E-state index contributed by atoms with van der Waals surface area (Å²) in [6, 6.07) is 10.7. The molecule has 0 bridgehead atoms. The molecule has 1 saturated heterocycles. The summed E-state index contributed by atoms with van der Waals surface area (Å²) in [4.78, 5) is 2.53. The Hall–Kier alpha value is -0.570. The van der Waals surface area contributed by atoms with Crippen molar-refractivity contribution in [2.45, 2.75) is 19.9 Å². The van der Waals surface area contributed by atoms with Gasteiger partial charge >= 0.3 is 0 Å². The highest BCUT2D eigenvalue weighted by Gasteiger charge is 2.24. The summed E-state index contributed by atoms with van der Waals surface area (Å²) >= 11 is 0. The fourth-order valence-corrected chi connectivity index (χ4v) is 2.52. The zero-order valence-corrected chi connectivity index (χ0v) is 11.3. The summed E-state index contributed by atoms with van der Waals surface area (Å²) in [5.41, 5.74) is 7.23. The van der Waals surface area contributed by atoms with Crippen molar-refractivity contribution in [2.75, 3.05) is 19.6 Å². The van der Waals surface area contributed by atoms with Crippen molar-refractivity contribution < 1.29 is 0 Å². The lowest BCUT2D eigenvalue weighted by molar-refractivity contribution is 0.126. The number of hydrogen-bond donors (Lipinski definition) is 1. The number of hydrogen-bond acceptors (Lipinski definition) is 2. The summed E-state index contributed by atoms with van der Waals surface area (Å²) in [6.07, 6.45) is 1.29. The highest BCUT2D eigenvalue weighted by Crippen LogP contribution is 2.23. The van der Waals surface area contributed by atoms with Crippen LogP contribution in [0.15, 0.2) is 30.3 Å². The molecule has 0 spiro atoms. The largest absolute Gasteiger partial charge is 0.330 e. The quantitative estimate of drug-likeness (QED) is 0.898. The first-order valence-corrected chi connectivity index (χ1v) is 6.26. The third-order valence-corrected chi connectivity index (χ3v) is 3.75. The summed E-state index contributed by atoms with van der Waals surface area (Å²) in [5, 5.41) is 0. The second-order valence-corrected chi connectivity index (χ2v) is 4.98. The molecule has 2 atom stereocenters. The van der Waals surface area contributed by atoms with Crippen molar-refractivity contribution in [1.29, 1.82) is 0 Å². The van der Waals surface area contributed by atoms with Crippen molar-refractivity contribution in [3.8, 4) is 0 Å².